The van der Waals surface area contributed by atoms with E-state index in [1.165, 1.54) is 18.4 Å². The zero-order valence-electron chi connectivity index (χ0n) is 17.7. The second-order valence-corrected chi connectivity index (χ2v) is 10.4. The Kier molecular flexibility index (Phi) is 6.36. The number of carbonyl (C=O) groups excluding carboxylic acids is 2. The van der Waals surface area contributed by atoms with E-state index in [1.807, 2.05) is 0 Å². The number of rotatable bonds is 4. The second kappa shape index (κ2) is 8.46. The number of hydrogen-bond donors (Lipinski definition) is 2. The van der Waals surface area contributed by atoms with Crippen LogP contribution in [0.2, 0.25) is 0 Å². The minimum atomic E-state index is -0.920. The molecule has 0 aliphatic heterocycles. The van der Waals surface area contributed by atoms with Crippen molar-refractivity contribution in [3.8, 4) is 0 Å². The molecule has 6 nitrogen and oxygen atoms in total. The standard InChI is InChI=1S/C22H31NO5S/c1-22(2,3)12-9-10-15-16(11-12)29-19(17(15)21(27)28-4)23-18(24)13-7-5-6-8-14(13)20(25)26/h12-14H,5-11H2,1-4H3,(H,23,24)(H,25,26)/t12-,13-,14-/m0/s1. The van der Waals surface area contributed by atoms with Gasteiger partial charge in [0.05, 0.1) is 24.5 Å². The Morgan fingerprint density at radius 3 is 2.34 bits per heavy atom. The number of amides is 1. The average molecular weight is 422 g/mol. The first-order valence-corrected chi connectivity index (χ1v) is 11.2. The van der Waals surface area contributed by atoms with E-state index in [1.54, 1.807) is 0 Å². The van der Waals surface area contributed by atoms with Gasteiger partial charge in [0, 0.05) is 4.88 Å². The van der Waals surface area contributed by atoms with Gasteiger partial charge in [-0.05, 0) is 49.0 Å². The van der Waals surface area contributed by atoms with E-state index in [2.05, 4.69) is 26.1 Å². The predicted molar refractivity (Wildman–Crippen MR) is 112 cm³/mol. The molecule has 2 aliphatic carbocycles. The third-order valence-corrected chi connectivity index (χ3v) is 7.71. The molecule has 0 bridgehead atoms. The molecule has 1 saturated carbocycles. The lowest BCUT2D eigenvalue weighted by atomic mass is 9.72. The van der Waals surface area contributed by atoms with Gasteiger partial charge in [-0.2, -0.15) is 0 Å². The number of carbonyl (C=O) groups is 3. The van der Waals surface area contributed by atoms with Crippen molar-refractivity contribution < 1.29 is 24.2 Å². The highest BCUT2D eigenvalue weighted by molar-refractivity contribution is 7.17. The van der Waals surface area contributed by atoms with Crippen molar-refractivity contribution in [3.05, 3.63) is 16.0 Å². The number of carboxylic acids is 1. The number of nitrogens with one attached hydrogen (secondary N) is 1. The summed E-state index contributed by atoms with van der Waals surface area (Å²) in [5, 5.41) is 12.9. The minimum Gasteiger partial charge on any atom is -0.481 e. The Hall–Kier alpha value is -1.89. The van der Waals surface area contributed by atoms with Crippen LogP contribution in [0, 0.1) is 23.2 Å². The summed E-state index contributed by atoms with van der Waals surface area (Å²) in [5.41, 5.74) is 1.61. The van der Waals surface area contributed by atoms with Gasteiger partial charge in [0.15, 0.2) is 0 Å². The molecule has 0 spiro atoms. The highest BCUT2D eigenvalue weighted by Crippen LogP contribution is 2.45. The largest absolute Gasteiger partial charge is 0.481 e. The number of esters is 1. The van der Waals surface area contributed by atoms with E-state index in [0.29, 0.717) is 29.3 Å². The van der Waals surface area contributed by atoms with Crippen LogP contribution < -0.4 is 5.32 Å². The smallest absolute Gasteiger partial charge is 0.341 e. The van der Waals surface area contributed by atoms with Gasteiger partial charge in [-0.3, -0.25) is 9.59 Å². The van der Waals surface area contributed by atoms with Crippen LogP contribution in [0.5, 0.6) is 0 Å². The Bertz CT molecular complexity index is 807. The fourth-order valence-corrected chi connectivity index (χ4v) is 5.99. The van der Waals surface area contributed by atoms with Gasteiger partial charge < -0.3 is 15.2 Å². The van der Waals surface area contributed by atoms with Crippen molar-refractivity contribution in [3.63, 3.8) is 0 Å². The average Bonchev–Trinajstić information content (AvgIpc) is 3.03. The maximum absolute atomic E-state index is 13.0. The van der Waals surface area contributed by atoms with Crippen molar-refractivity contribution >= 4 is 34.2 Å². The summed E-state index contributed by atoms with van der Waals surface area (Å²) >= 11 is 1.45. The molecular formula is C22H31NO5S. The number of carboxylic acid groups (broad SMARTS) is 1. The number of thiophene rings is 1. The van der Waals surface area contributed by atoms with Gasteiger partial charge in [-0.15, -0.1) is 11.3 Å². The number of aliphatic carboxylic acids is 1. The van der Waals surface area contributed by atoms with Gasteiger partial charge in [0.1, 0.15) is 5.00 Å². The molecule has 3 rings (SSSR count). The topological polar surface area (TPSA) is 92.7 Å². The quantitative estimate of drug-likeness (QED) is 0.698. The fourth-order valence-electron chi connectivity index (χ4n) is 4.68. The van der Waals surface area contributed by atoms with E-state index in [4.69, 9.17) is 4.74 Å². The third kappa shape index (κ3) is 4.49. The van der Waals surface area contributed by atoms with Crippen molar-refractivity contribution in [2.45, 2.75) is 65.7 Å². The summed E-state index contributed by atoms with van der Waals surface area (Å²) in [5.74, 6) is -2.37. The van der Waals surface area contributed by atoms with Crippen LogP contribution in [0.1, 0.15) is 73.7 Å². The molecule has 1 fully saturated rings. The molecule has 0 aromatic carbocycles. The molecular weight excluding hydrogens is 390 g/mol. The van der Waals surface area contributed by atoms with E-state index < -0.39 is 23.8 Å². The van der Waals surface area contributed by atoms with Crippen LogP contribution in [0.4, 0.5) is 5.00 Å². The van der Waals surface area contributed by atoms with E-state index >= 15 is 0 Å². The number of hydrogen-bond acceptors (Lipinski definition) is 5. The summed E-state index contributed by atoms with van der Waals surface area (Å²) in [7, 11) is 1.35. The van der Waals surface area contributed by atoms with Gasteiger partial charge in [-0.25, -0.2) is 4.79 Å². The zero-order valence-corrected chi connectivity index (χ0v) is 18.5. The first-order valence-electron chi connectivity index (χ1n) is 10.4. The van der Waals surface area contributed by atoms with Crippen molar-refractivity contribution in [1.82, 2.24) is 0 Å². The highest BCUT2D eigenvalue weighted by atomic mass is 32.1. The summed E-state index contributed by atoms with van der Waals surface area (Å²) in [6.07, 6.45) is 5.42. The number of fused-ring (bicyclic) bond motifs is 1. The maximum atomic E-state index is 13.0. The van der Waals surface area contributed by atoms with Crippen LogP contribution in [0.3, 0.4) is 0 Å². The molecule has 1 aromatic heterocycles. The maximum Gasteiger partial charge on any atom is 0.341 e. The Balaban J connectivity index is 1.89. The van der Waals surface area contributed by atoms with Gasteiger partial charge in [0.25, 0.3) is 0 Å². The molecule has 2 N–H and O–H groups in total. The van der Waals surface area contributed by atoms with Crippen molar-refractivity contribution in [2.75, 3.05) is 12.4 Å². The van der Waals surface area contributed by atoms with Crippen LogP contribution in [0.15, 0.2) is 0 Å². The molecule has 0 saturated heterocycles. The van der Waals surface area contributed by atoms with E-state index in [-0.39, 0.29) is 11.3 Å². The molecule has 29 heavy (non-hydrogen) atoms. The monoisotopic (exact) mass is 421 g/mol. The lowest BCUT2D eigenvalue weighted by Crippen LogP contribution is -2.36. The van der Waals surface area contributed by atoms with Crippen molar-refractivity contribution in [2.24, 2.45) is 23.2 Å². The van der Waals surface area contributed by atoms with Crippen molar-refractivity contribution in [1.29, 1.82) is 0 Å². The lowest BCUT2D eigenvalue weighted by Gasteiger charge is -2.33. The SMILES string of the molecule is COC(=O)c1c(NC(=O)[C@H]2CCCC[C@@H]2C(=O)O)sc2c1CC[C@H](C(C)(C)C)C2. The first-order chi connectivity index (χ1) is 13.6. The normalized spacial score (nSPS) is 24.5. The molecule has 0 unspecified atom stereocenters. The third-order valence-electron chi connectivity index (χ3n) is 6.54. The summed E-state index contributed by atoms with van der Waals surface area (Å²) in [6.45, 7) is 6.69. The van der Waals surface area contributed by atoms with Gasteiger partial charge in [0.2, 0.25) is 5.91 Å². The molecule has 2 aliphatic rings. The Morgan fingerprint density at radius 2 is 1.76 bits per heavy atom. The van der Waals surface area contributed by atoms with E-state index in [9.17, 15) is 19.5 Å². The molecule has 1 amide bonds. The summed E-state index contributed by atoms with van der Waals surface area (Å²) < 4.78 is 5.00. The highest BCUT2D eigenvalue weighted by Gasteiger charge is 2.38. The predicted octanol–water partition coefficient (Wildman–Crippen LogP) is 4.52. The Morgan fingerprint density at radius 1 is 1.10 bits per heavy atom. The van der Waals surface area contributed by atoms with E-state index in [0.717, 1.165) is 42.5 Å². The van der Waals surface area contributed by atoms with Crippen LogP contribution in [-0.2, 0) is 27.2 Å². The molecule has 1 heterocycles. The number of ether oxygens (including phenoxy) is 1. The number of methoxy groups -OCH3 is 1. The molecule has 160 valence electrons. The second-order valence-electron chi connectivity index (χ2n) is 9.33. The van der Waals surface area contributed by atoms with Gasteiger partial charge in [-0.1, -0.05) is 33.6 Å². The molecule has 7 heteroatoms. The lowest BCUT2D eigenvalue weighted by molar-refractivity contribution is -0.147. The zero-order chi connectivity index (χ0) is 21.3. The fraction of sp³-hybridized carbons (Fsp3) is 0.682. The minimum absolute atomic E-state index is 0.174. The molecule has 3 atom stereocenters. The van der Waals surface area contributed by atoms with Gasteiger partial charge >= 0.3 is 11.9 Å². The molecule has 1 aromatic rings. The summed E-state index contributed by atoms with van der Waals surface area (Å²) in [6, 6.07) is 0. The Labute approximate surface area is 176 Å². The van der Waals surface area contributed by atoms with Crippen LogP contribution in [-0.4, -0.2) is 30.1 Å². The first kappa shape index (κ1) is 21.8. The van der Waals surface area contributed by atoms with Crippen LogP contribution in [0.25, 0.3) is 0 Å². The number of anilines is 1. The summed E-state index contributed by atoms with van der Waals surface area (Å²) in [4.78, 5) is 38.2. The van der Waals surface area contributed by atoms with Crippen LogP contribution >= 0.6 is 11.3 Å². The molecule has 0 radical (unpaired) electrons.